The zero-order valence-electron chi connectivity index (χ0n) is 18.3. The Labute approximate surface area is 192 Å². The number of hydrogen-bond acceptors (Lipinski definition) is 5. The van der Waals surface area contributed by atoms with E-state index < -0.39 is 15.8 Å². The summed E-state index contributed by atoms with van der Waals surface area (Å²) in [6.45, 7) is 0.345. The first-order valence-electron chi connectivity index (χ1n) is 11.7. The van der Waals surface area contributed by atoms with E-state index in [1.165, 1.54) is 42.0 Å². The van der Waals surface area contributed by atoms with E-state index in [-0.39, 0.29) is 29.3 Å². The Balaban J connectivity index is 1.22. The lowest BCUT2D eigenvalue weighted by Crippen LogP contribution is -2.52. The molecule has 0 radical (unpaired) electrons. The second-order valence-electron chi connectivity index (χ2n) is 10.3. The van der Waals surface area contributed by atoms with Crippen LogP contribution in [0.5, 0.6) is 0 Å². The number of anilines is 1. The fourth-order valence-electron chi connectivity index (χ4n) is 7.03. The van der Waals surface area contributed by atoms with Crippen LogP contribution < -0.4 is 5.32 Å². The van der Waals surface area contributed by atoms with Crippen molar-refractivity contribution in [2.24, 2.45) is 23.2 Å². The maximum absolute atomic E-state index is 13.5. The molecule has 0 spiro atoms. The fourth-order valence-corrected chi connectivity index (χ4v) is 8.43. The molecule has 1 aromatic heterocycles. The number of sulfonamides is 1. The summed E-state index contributed by atoms with van der Waals surface area (Å²) in [5.41, 5.74) is 1.13. The van der Waals surface area contributed by atoms with E-state index in [1.807, 2.05) is 0 Å². The molecule has 2 aromatic rings. The molecule has 1 N–H and O–H groups in total. The predicted octanol–water partition coefficient (Wildman–Crippen LogP) is 3.52. The zero-order valence-corrected chi connectivity index (χ0v) is 19.2. The molecule has 4 bridgehead atoms. The molecule has 5 aliphatic rings. The van der Waals surface area contributed by atoms with E-state index in [0.29, 0.717) is 35.7 Å². The summed E-state index contributed by atoms with van der Waals surface area (Å²) >= 11 is 0. The molecule has 2 heterocycles. The molecule has 0 atom stereocenters. The Morgan fingerprint density at radius 2 is 1.67 bits per heavy atom. The maximum Gasteiger partial charge on any atom is 0.243 e. The van der Waals surface area contributed by atoms with Crippen molar-refractivity contribution in [2.45, 2.75) is 56.4 Å². The smallest absolute Gasteiger partial charge is 0.243 e. The lowest BCUT2D eigenvalue weighted by Gasteiger charge is -2.55. The van der Waals surface area contributed by atoms with Crippen molar-refractivity contribution in [1.29, 1.82) is 0 Å². The number of fused-ring (bicyclic) bond motifs is 1. The number of benzene rings is 1. The summed E-state index contributed by atoms with van der Waals surface area (Å²) in [7, 11) is -3.77. The third-order valence-corrected chi connectivity index (χ3v) is 10.0. The van der Waals surface area contributed by atoms with Gasteiger partial charge < -0.3 is 5.32 Å². The Kier molecular flexibility index (Phi) is 4.85. The Hall–Kier alpha value is -2.39. The highest BCUT2D eigenvalue weighted by Gasteiger charge is 2.54. The first kappa shape index (κ1) is 21.2. The van der Waals surface area contributed by atoms with Crippen molar-refractivity contribution in [3.05, 3.63) is 47.7 Å². The topological polar surface area (TPSA) is 92.3 Å². The van der Waals surface area contributed by atoms with Gasteiger partial charge in [-0.1, -0.05) is 0 Å². The fraction of sp³-hybridized carbons (Fsp3) is 0.542. The molecule has 9 heteroatoms. The summed E-state index contributed by atoms with van der Waals surface area (Å²) in [5.74, 6) is 2.12. The predicted molar refractivity (Wildman–Crippen MR) is 119 cm³/mol. The Morgan fingerprint density at radius 1 is 1.03 bits per heavy atom. The minimum Gasteiger partial charge on any atom is -0.310 e. The van der Waals surface area contributed by atoms with Gasteiger partial charge in [-0.2, -0.15) is 4.31 Å². The molecule has 7 rings (SSSR count). The highest BCUT2D eigenvalue weighted by molar-refractivity contribution is 7.89. The van der Waals surface area contributed by atoms with Gasteiger partial charge in [0.1, 0.15) is 18.0 Å². The van der Waals surface area contributed by atoms with Crippen molar-refractivity contribution in [3.8, 4) is 0 Å². The average Bonchev–Trinajstić information content (AvgIpc) is 2.78. The van der Waals surface area contributed by atoms with Gasteiger partial charge in [0.25, 0.3) is 0 Å². The molecule has 0 saturated heterocycles. The van der Waals surface area contributed by atoms with Gasteiger partial charge in [-0.25, -0.2) is 22.8 Å². The molecule has 174 valence electrons. The first-order valence-corrected chi connectivity index (χ1v) is 13.2. The summed E-state index contributed by atoms with van der Waals surface area (Å²) in [6, 6.07) is 4.84. The van der Waals surface area contributed by atoms with Crippen LogP contribution in [0.2, 0.25) is 0 Å². The molecular weight excluding hydrogens is 443 g/mol. The molecule has 1 amide bonds. The van der Waals surface area contributed by atoms with Gasteiger partial charge in [-0.05, 0) is 87.0 Å². The molecule has 4 aliphatic carbocycles. The molecular formula is C24H27FN4O3S. The first-order chi connectivity index (χ1) is 15.8. The van der Waals surface area contributed by atoms with E-state index in [9.17, 15) is 17.6 Å². The summed E-state index contributed by atoms with van der Waals surface area (Å²) in [5, 5.41) is 3.12. The van der Waals surface area contributed by atoms with Crippen LogP contribution >= 0.6 is 0 Å². The van der Waals surface area contributed by atoms with E-state index >= 15 is 0 Å². The van der Waals surface area contributed by atoms with Gasteiger partial charge >= 0.3 is 0 Å². The summed E-state index contributed by atoms with van der Waals surface area (Å²) in [4.78, 5) is 22.2. The highest BCUT2D eigenvalue weighted by Crippen LogP contribution is 2.60. The highest BCUT2D eigenvalue weighted by atomic mass is 32.2. The summed E-state index contributed by atoms with van der Waals surface area (Å²) < 4.78 is 40.6. The Morgan fingerprint density at radius 3 is 2.30 bits per heavy atom. The van der Waals surface area contributed by atoms with Gasteiger partial charge in [-0.15, -0.1) is 0 Å². The second kappa shape index (κ2) is 7.56. The second-order valence-corrected chi connectivity index (χ2v) is 12.3. The number of carbonyl (C=O) groups excluding carboxylic acids is 1. The molecule has 1 aromatic carbocycles. The lowest BCUT2D eigenvalue weighted by atomic mass is 9.49. The Bertz CT molecular complexity index is 1180. The molecule has 4 saturated carbocycles. The lowest BCUT2D eigenvalue weighted by molar-refractivity contribution is -0.140. The number of aromatic nitrogens is 2. The van der Waals surface area contributed by atoms with Crippen LogP contribution in [0.25, 0.3) is 0 Å². The van der Waals surface area contributed by atoms with E-state index in [4.69, 9.17) is 0 Å². The van der Waals surface area contributed by atoms with Crippen molar-refractivity contribution in [2.75, 3.05) is 11.9 Å². The number of nitrogens with zero attached hydrogens (tertiary/aromatic N) is 3. The number of amides is 1. The standard InChI is InChI=1S/C24H27FN4O3S/c25-18-1-3-19(4-2-18)33(31,32)29-6-5-20-21(13-29)26-14-27-22(20)28-23(30)24-10-15-7-16(11-24)9-17(8-15)12-24/h1-4,14-17H,5-13H2,(H,26,27,28,30). The number of rotatable bonds is 4. The van der Waals surface area contributed by atoms with Crippen LogP contribution in [0, 0.1) is 29.0 Å². The number of carbonyl (C=O) groups is 1. The number of hydrogen-bond donors (Lipinski definition) is 1. The largest absolute Gasteiger partial charge is 0.310 e. The van der Waals surface area contributed by atoms with Crippen molar-refractivity contribution < 1.29 is 17.6 Å². The SMILES string of the molecule is O=C(Nc1ncnc2c1CCN(S(=O)(=O)c1ccc(F)cc1)C2)C12CC3CC(CC(C3)C1)C2. The maximum atomic E-state index is 13.5. The van der Waals surface area contributed by atoms with Crippen molar-refractivity contribution in [1.82, 2.24) is 14.3 Å². The van der Waals surface area contributed by atoms with E-state index in [1.54, 1.807) is 0 Å². The average molecular weight is 471 g/mol. The molecule has 33 heavy (non-hydrogen) atoms. The van der Waals surface area contributed by atoms with Crippen LogP contribution in [-0.4, -0.2) is 35.1 Å². The van der Waals surface area contributed by atoms with E-state index in [0.717, 1.165) is 37.0 Å². The van der Waals surface area contributed by atoms with Crippen LogP contribution in [0.15, 0.2) is 35.5 Å². The third-order valence-electron chi connectivity index (χ3n) is 8.18. The number of nitrogens with one attached hydrogen (secondary N) is 1. The van der Waals surface area contributed by atoms with Crippen LogP contribution in [0.1, 0.15) is 49.8 Å². The van der Waals surface area contributed by atoms with Crippen LogP contribution in [0.4, 0.5) is 10.2 Å². The van der Waals surface area contributed by atoms with Crippen molar-refractivity contribution >= 4 is 21.7 Å². The molecule has 4 fully saturated rings. The quantitative estimate of drug-likeness (QED) is 0.738. The van der Waals surface area contributed by atoms with E-state index in [2.05, 4.69) is 15.3 Å². The molecule has 0 unspecified atom stereocenters. The normalized spacial score (nSPS) is 30.8. The van der Waals surface area contributed by atoms with Crippen LogP contribution in [-0.2, 0) is 27.8 Å². The monoisotopic (exact) mass is 470 g/mol. The third kappa shape index (κ3) is 3.56. The van der Waals surface area contributed by atoms with Gasteiger partial charge in [0.15, 0.2) is 0 Å². The molecule has 7 nitrogen and oxygen atoms in total. The number of halogens is 1. The summed E-state index contributed by atoms with van der Waals surface area (Å²) in [6.07, 6.45) is 8.54. The van der Waals surface area contributed by atoms with Gasteiger partial charge in [-0.3, -0.25) is 4.79 Å². The van der Waals surface area contributed by atoms with Gasteiger partial charge in [0.05, 0.1) is 22.5 Å². The van der Waals surface area contributed by atoms with Crippen LogP contribution in [0.3, 0.4) is 0 Å². The zero-order chi connectivity index (χ0) is 22.8. The van der Waals surface area contributed by atoms with Gasteiger partial charge in [0.2, 0.25) is 15.9 Å². The minimum atomic E-state index is -3.77. The van der Waals surface area contributed by atoms with Crippen molar-refractivity contribution in [3.63, 3.8) is 0 Å². The van der Waals surface area contributed by atoms with Gasteiger partial charge in [0, 0.05) is 12.1 Å². The minimum absolute atomic E-state index is 0.0525. The molecule has 1 aliphatic heterocycles.